The second-order valence-corrected chi connectivity index (χ2v) is 7.18. The Morgan fingerprint density at radius 2 is 1.79 bits per heavy atom. The first kappa shape index (κ1) is 18.6. The molecule has 0 atom stereocenters. The van der Waals surface area contributed by atoms with Crippen LogP contribution in [0.25, 0.3) is 11.3 Å². The molecule has 2 aromatic heterocycles. The first-order valence-electron chi connectivity index (χ1n) is 8.88. The molecule has 2 amide bonds. The highest BCUT2D eigenvalue weighted by Crippen LogP contribution is 2.25. The molecule has 4 rings (SSSR count). The van der Waals surface area contributed by atoms with E-state index in [4.69, 9.17) is 4.42 Å². The van der Waals surface area contributed by atoms with E-state index in [1.54, 1.807) is 30.3 Å². The van der Waals surface area contributed by atoms with E-state index in [0.717, 1.165) is 16.8 Å². The molecule has 144 valence electrons. The summed E-state index contributed by atoms with van der Waals surface area (Å²) in [5, 5.41) is 7.99. The normalized spacial score (nSPS) is 10.5. The molecule has 2 aromatic carbocycles. The highest BCUT2D eigenvalue weighted by molar-refractivity contribution is 7.14. The minimum atomic E-state index is -0.372. The fraction of sp³-hybridized carbons (Fsp3) is 0.0455. The molecule has 0 unspecified atom stereocenters. The summed E-state index contributed by atoms with van der Waals surface area (Å²) in [6.45, 7) is 1.85. The van der Waals surface area contributed by atoms with Gasteiger partial charge in [0, 0.05) is 22.2 Å². The average molecular weight is 403 g/mol. The number of carbonyl (C=O) groups is 2. The number of carbonyl (C=O) groups excluding carboxylic acids is 2. The van der Waals surface area contributed by atoms with Crippen LogP contribution >= 0.6 is 11.3 Å². The number of thiazole rings is 1. The Morgan fingerprint density at radius 3 is 2.55 bits per heavy atom. The van der Waals surface area contributed by atoms with Gasteiger partial charge in [0.15, 0.2) is 10.9 Å². The number of hydrogen-bond acceptors (Lipinski definition) is 5. The van der Waals surface area contributed by atoms with Gasteiger partial charge in [0.25, 0.3) is 11.8 Å². The molecule has 0 radical (unpaired) electrons. The molecular formula is C22H17N3O3S. The van der Waals surface area contributed by atoms with Crippen molar-refractivity contribution in [3.05, 3.63) is 89.2 Å². The maximum atomic E-state index is 12.7. The molecule has 0 aliphatic rings. The second-order valence-electron chi connectivity index (χ2n) is 6.32. The number of nitrogens with zero attached hydrogens (tertiary/aromatic N) is 1. The van der Waals surface area contributed by atoms with Crippen LogP contribution in [0.15, 0.2) is 76.7 Å². The molecule has 0 fully saturated rings. The molecule has 2 heterocycles. The lowest BCUT2D eigenvalue weighted by Gasteiger charge is -2.09. The molecule has 0 spiro atoms. The lowest BCUT2D eigenvalue weighted by Crippen LogP contribution is -2.15. The number of benzene rings is 2. The van der Waals surface area contributed by atoms with E-state index >= 15 is 0 Å². The molecule has 0 aliphatic heterocycles. The number of aryl methyl sites for hydroxylation is 1. The Balaban J connectivity index is 1.49. The van der Waals surface area contributed by atoms with Crippen molar-refractivity contribution in [1.82, 2.24) is 4.98 Å². The average Bonchev–Trinajstić information content (AvgIpc) is 3.42. The quantitative estimate of drug-likeness (QED) is 0.479. The summed E-state index contributed by atoms with van der Waals surface area (Å²) >= 11 is 1.36. The molecular weight excluding hydrogens is 386 g/mol. The van der Waals surface area contributed by atoms with Crippen molar-refractivity contribution in [1.29, 1.82) is 0 Å². The molecule has 7 heteroatoms. The summed E-state index contributed by atoms with van der Waals surface area (Å²) in [4.78, 5) is 29.4. The summed E-state index contributed by atoms with van der Waals surface area (Å²) in [5.41, 5.74) is 3.59. The van der Waals surface area contributed by atoms with Crippen molar-refractivity contribution in [2.45, 2.75) is 6.92 Å². The summed E-state index contributed by atoms with van der Waals surface area (Å²) in [5.74, 6) is -0.467. The Bertz CT molecular complexity index is 1150. The maximum absolute atomic E-state index is 12.7. The van der Waals surface area contributed by atoms with Gasteiger partial charge >= 0.3 is 0 Å². The predicted molar refractivity (Wildman–Crippen MR) is 113 cm³/mol. The Kier molecular flexibility index (Phi) is 5.22. The predicted octanol–water partition coefficient (Wildman–Crippen LogP) is 5.22. The molecule has 29 heavy (non-hydrogen) atoms. The SMILES string of the molecule is Cc1ccc(C(=O)Nc2nc(-c3ccccc3)cs2)cc1NC(=O)c1ccco1. The molecule has 0 aliphatic carbocycles. The highest BCUT2D eigenvalue weighted by atomic mass is 32.1. The van der Waals surface area contributed by atoms with Crippen molar-refractivity contribution in [2.24, 2.45) is 0 Å². The van der Waals surface area contributed by atoms with Crippen molar-refractivity contribution in [2.75, 3.05) is 10.6 Å². The number of aromatic nitrogens is 1. The molecule has 0 bridgehead atoms. The monoisotopic (exact) mass is 403 g/mol. The van der Waals surface area contributed by atoms with Gasteiger partial charge in [-0.1, -0.05) is 36.4 Å². The van der Waals surface area contributed by atoms with E-state index in [9.17, 15) is 9.59 Å². The zero-order chi connectivity index (χ0) is 20.2. The third-order valence-corrected chi connectivity index (χ3v) is 5.04. The van der Waals surface area contributed by atoms with Gasteiger partial charge in [-0.05, 0) is 36.8 Å². The van der Waals surface area contributed by atoms with Crippen LogP contribution in [0.2, 0.25) is 0 Å². The number of amides is 2. The van der Waals surface area contributed by atoms with Crippen molar-refractivity contribution in [3.63, 3.8) is 0 Å². The first-order chi connectivity index (χ1) is 14.1. The van der Waals surface area contributed by atoms with Crippen LogP contribution in [0.4, 0.5) is 10.8 Å². The Morgan fingerprint density at radius 1 is 0.966 bits per heavy atom. The minimum absolute atomic E-state index is 0.204. The maximum Gasteiger partial charge on any atom is 0.291 e. The van der Waals surface area contributed by atoms with E-state index in [1.807, 2.05) is 42.6 Å². The van der Waals surface area contributed by atoms with Crippen LogP contribution in [-0.2, 0) is 0 Å². The van der Waals surface area contributed by atoms with Crippen molar-refractivity contribution < 1.29 is 14.0 Å². The summed E-state index contributed by atoms with van der Waals surface area (Å²) in [6.07, 6.45) is 1.43. The lowest BCUT2D eigenvalue weighted by atomic mass is 10.1. The molecule has 6 nitrogen and oxygen atoms in total. The van der Waals surface area contributed by atoms with Gasteiger partial charge in [-0.15, -0.1) is 11.3 Å². The Hall–Kier alpha value is -3.71. The number of nitrogens with one attached hydrogen (secondary N) is 2. The summed E-state index contributed by atoms with van der Waals surface area (Å²) in [7, 11) is 0. The standard InChI is InChI=1S/C22H17N3O3S/c1-14-9-10-16(12-17(14)23-21(27)19-8-5-11-28-19)20(26)25-22-24-18(13-29-22)15-6-3-2-4-7-15/h2-13H,1H3,(H,23,27)(H,24,25,26). The summed E-state index contributed by atoms with van der Waals surface area (Å²) in [6, 6.07) is 18.1. The van der Waals surface area contributed by atoms with E-state index in [1.165, 1.54) is 17.6 Å². The van der Waals surface area contributed by atoms with E-state index in [-0.39, 0.29) is 17.6 Å². The number of furan rings is 1. The molecule has 2 N–H and O–H groups in total. The van der Waals surface area contributed by atoms with Gasteiger partial charge in [-0.25, -0.2) is 4.98 Å². The molecule has 0 saturated heterocycles. The minimum Gasteiger partial charge on any atom is -0.459 e. The van der Waals surface area contributed by atoms with Crippen LogP contribution in [0.3, 0.4) is 0 Å². The van der Waals surface area contributed by atoms with E-state index in [0.29, 0.717) is 16.4 Å². The van der Waals surface area contributed by atoms with Gasteiger partial charge in [0.2, 0.25) is 0 Å². The topological polar surface area (TPSA) is 84.2 Å². The van der Waals surface area contributed by atoms with Crippen LogP contribution in [0.1, 0.15) is 26.5 Å². The van der Waals surface area contributed by atoms with Crippen molar-refractivity contribution >= 4 is 34.0 Å². The van der Waals surface area contributed by atoms with E-state index < -0.39 is 0 Å². The van der Waals surface area contributed by atoms with Crippen LogP contribution < -0.4 is 10.6 Å². The van der Waals surface area contributed by atoms with Crippen LogP contribution in [0.5, 0.6) is 0 Å². The third-order valence-electron chi connectivity index (χ3n) is 4.29. The number of rotatable bonds is 5. The van der Waals surface area contributed by atoms with E-state index in [2.05, 4.69) is 15.6 Å². The van der Waals surface area contributed by atoms with Gasteiger partial charge in [0.1, 0.15) is 0 Å². The lowest BCUT2D eigenvalue weighted by molar-refractivity contribution is 0.0993. The van der Waals surface area contributed by atoms with Crippen LogP contribution in [0, 0.1) is 6.92 Å². The third kappa shape index (κ3) is 4.25. The highest BCUT2D eigenvalue weighted by Gasteiger charge is 2.14. The number of anilines is 2. The largest absolute Gasteiger partial charge is 0.459 e. The fourth-order valence-corrected chi connectivity index (χ4v) is 3.45. The van der Waals surface area contributed by atoms with Gasteiger partial charge < -0.3 is 9.73 Å². The molecule has 4 aromatic rings. The fourth-order valence-electron chi connectivity index (χ4n) is 2.73. The zero-order valence-corrected chi connectivity index (χ0v) is 16.3. The van der Waals surface area contributed by atoms with Gasteiger partial charge in [0.05, 0.1) is 12.0 Å². The number of hydrogen-bond donors (Lipinski definition) is 2. The summed E-state index contributed by atoms with van der Waals surface area (Å²) < 4.78 is 5.10. The van der Waals surface area contributed by atoms with Gasteiger partial charge in [-0.2, -0.15) is 0 Å². The smallest absolute Gasteiger partial charge is 0.291 e. The van der Waals surface area contributed by atoms with Crippen molar-refractivity contribution in [3.8, 4) is 11.3 Å². The van der Waals surface area contributed by atoms with Gasteiger partial charge in [-0.3, -0.25) is 14.9 Å². The molecule has 0 saturated carbocycles. The van der Waals surface area contributed by atoms with Crippen LogP contribution in [-0.4, -0.2) is 16.8 Å². The Labute approximate surface area is 171 Å². The second kappa shape index (κ2) is 8.12. The zero-order valence-electron chi connectivity index (χ0n) is 15.5. The first-order valence-corrected chi connectivity index (χ1v) is 9.76.